The molecule has 25 heavy (non-hydrogen) atoms. The maximum Gasteiger partial charge on any atom is 0.290 e. The number of nitrogens with one attached hydrogen (secondary N) is 2. The van der Waals surface area contributed by atoms with Crippen molar-refractivity contribution in [1.29, 1.82) is 0 Å². The molecule has 0 bridgehead atoms. The lowest BCUT2D eigenvalue weighted by molar-refractivity contribution is 0.0957. The fourth-order valence-corrected chi connectivity index (χ4v) is 3.17. The van der Waals surface area contributed by atoms with Crippen molar-refractivity contribution in [3.05, 3.63) is 75.0 Å². The Labute approximate surface area is 159 Å². The van der Waals surface area contributed by atoms with Crippen LogP contribution < -0.4 is 10.9 Å². The van der Waals surface area contributed by atoms with Gasteiger partial charge in [-0.15, -0.1) is 0 Å². The molecule has 1 heterocycles. The van der Waals surface area contributed by atoms with Gasteiger partial charge in [-0.2, -0.15) is 5.10 Å². The van der Waals surface area contributed by atoms with Crippen molar-refractivity contribution < 1.29 is 4.79 Å². The topological polar surface area (TPSA) is 59.0 Å². The molecule has 5 nitrogen and oxygen atoms in total. The van der Waals surface area contributed by atoms with E-state index in [2.05, 4.69) is 16.0 Å². The van der Waals surface area contributed by atoms with Crippen LogP contribution in [0.15, 0.2) is 48.5 Å². The third-order valence-electron chi connectivity index (χ3n) is 3.43. The van der Waals surface area contributed by atoms with Gasteiger partial charge in [0.05, 0.1) is 21.4 Å². The molecule has 0 fully saturated rings. The Kier molecular flexibility index (Phi) is 5.18. The Balaban J connectivity index is 1.77. The molecule has 0 saturated heterocycles. The Morgan fingerprint density at radius 2 is 1.68 bits per heavy atom. The number of halogens is 3. The Hall–Kier alpha value is -2.21. The summed E-state index contributed by atoms with van der Waals surface area (Å²) in [5.41, 5.74) is 7.56. The highest BCUT2D eigenvalue weighted by Crippen LogP contribution is 2.33. The van der Waals surface area contributed by atoms with Crippen LogP contribution in [0.1, 0.15) is 16.2 Å². The zero-order valence-electron chi connectivity index (χ0n) is 13.1. The summed E-state index contributed by atoms with van der Waals surface area (Å²) in [5.74, 6) is -0.417. The number of nitrogens with zero attached hydrogens (tertiary/aromatic N) is 2. The van der Waals surface area contributed by atoms with Gasteiger partial charge in [0.1, 0.15) is 0 Å². The first-order valence-electron chi connectivity index (χ1n) is 7.28. The van der Waals surface area contributed by atoms with Crippen molar-refractivity contribution in [3.63, 3.8) is 0 Å². The summed E-state index contributed by atoms with van der Waals surface area (Å²) >= 11 is 18.0. The summed E-state index contributed by atoms with van der Waals surface area (Å²) in [6, 6.07) is 14.3. The first-order valence-corrected chi connectivity index (χ1v) is 8.42. The monoisotopic (exact) mass is 394 g/mol. The molecule has 0 saturated carbocycles. The predicted molar refractivity (Wildman–Crippen MR) is 101 cm³/mol. The molecular formula is C17H13Cl3N4O. The van der Waals surface area contributed by atoms with Gasteiger partial charge in [0.25, 0.3) is 5.91 Å². The second-order valence-electron chi connectivity index (χ2n) is 5.24. The van der Waals surface area contributed by atoms with Gasteiger partial charge in [0.2, 0.25) is 0 Å². The molecule has 8 heteroatoms. The third kappa shape index (κ3) is 3.90. The number of amides is 1. The second kappa shape index (κ2) is 7.35. The van der Waals surface area contributed by atoms with Gasteiger partial charge in [-0.1, -0.05) is 53.0 Å². The fourth-order valence-electron chi connectivity index (χ4n) is 2.26. The molecule has 0 unspecified atom stereocenters. The molecule has 2 aromatic carbocycles. The Bertz CT molecular complexity index is 902. The zero-order chi connectivity index (χ0) is 18.0. The lowest BCUT2D eigenvalue weighted by Gasteiger charge is -2.11. The lowest BCUT2D eigenvalue weighted by Crippen LogP contribution is -2.30. The smallest absolute Gasteiger partial charge is 0.290 e. The predicted octanol–water partition coefficient (Wildman–Crippen LogP) is 4.90. The first-order chi connectivity index (χ1) is 12.0. The molecule has 0 aliphatic carbocycles. The quantitative estimate of drug-likeness (QED) is 0.618. The number of para-hydroxylation sites is 1. The normalized spacial score (nSPS) is 10.6. The highest BCUT2D eigenvalue weighted by atomic mass is 35.5. The molecule has 3 aromatic rings. The Morgan fingerprint density at radius 1 is 1.04 bits per heavy atom. The van der Waals surface area contributed by atoms with Crippen LogP contribution in [0.3, 0.4) is 0 Å². The number of anilines is 1. The minimum atomic E-state index is -0.417. The first kappa shape index (κ1) is 17.6. The summed E-state index contributed by atoms with van der Waals surface area (Å²) in [6.45, 7) is 1.87. The van der Waals surface area contributed by atoms with Crippen LogP contribution in [0.25, 0.3) is 5.69 Å². The SMILES string of the molecule is Cc1cc(C(=O)NNc2c(Cl)cc(Cl)cc2Cl)nn1-c1ccccc1. The minimum Gasteiger partial charge on any atom is -0.295 e. The number of carbonyl (C=O) groups is 1. The van der Waals surface area contributed by atoms with Gasteiger partial charge in [-0.25, -0.2) is 4.68 Å². The average molecular weight is 396 g/mol. The summed E-state index contributed by atoms with van der Waals surface area (Å²) in [6.07, 6.45) is 0. The number of rotatable bonds is 4. The molecule has 128 valence electrons. The minimum absolute atomic E-state index is 0.259. The van der Waals surface area contributed by atoms with Crippen LogP contribution in [-0.2, 0) is 0 Å². The van der Waals surface area contributed by atoms with Gasteiger partial charge >= 0.3 is 0 Å². The number of hydrogen-bond acceptors (Lipinski definition) is 3. The number of hydrazine groups is 1. The molecular weight excluding hydrogens is 383 g/mol. The molecule has 0 aliphatic rings. The van der Waals surface area contributed by atoms with Gasteiger partial charge in [-0.3, -0.25) is 15.6 Å². The molecule has 2 N–H and O–H groups in total. The largest absolute Gasteiger partial charge is 0.295 e. The lowest BCUT2D eigenvalue weighted by atomic mass is 10.3. The van der Waals surface area contributed by atoms with Crippen molar-refractivity contribution in [3.8, 4) is 5.69 Å². The second-order valence-corrected chi connectivity index (χ2v) is 6.49. The third-order valence-corrected chi connectivity index (χ3v) is 4.24. The highest BCUT2D eigenvalue weighted by Gasteiger charge is 2.14. The van der Waals surface area contributed by atoms with Crippen molar-refractivity contribution in [2.75, 3.05) is 5.43 Å². The maximum absolute atomic E-state index is 12.3. The van der Waals surface area contributed by atoms with Gasteiger partial charge in [-0.05, 0) is 37.3 Å². The molecule has 3 rings (SSSR count). The van der Waals surface area contributed by atoms with Crippen molar-refractivity contribution >= 4 is 46.4 Å². The molecule has 0 aliphatic heterocycles. The van der Waals surface area contributed by atoms with Gasteiger partial charge in [0.15, 0.2) is 5.69 Å². The molecule has 1 amide bonds. The summed E-state index contributed by atoms with van der Waals surface area (Å²) < 4.78 is 1.69. The average Bonchev–Trinajstić information content (AvgIpc) is 2.96. The van der Waals surface area contributed by atoms with E-state index in [4.69, 9.17) is 34.8 Å². The zero-order valence-corrected chi connectivity index (χ0v) is 15.3. The van der Waals surface area contributed by atoms with E-state index in [1.165, 1.54) is 12.1 Å². The van der Waals surface area contributed by atoms with Gasteiger partial charge in [0, 0.05) is 10.7 Å². The van der Waals surface area contributed by atoms with Crippen LogP contribution in [0.2, 0.25) is 15.1 Å². The summed E-state index contributed by atoms with van der Waals surface area (Å²) in [5, 5.41) is 5.33. The molecule has 0 radical (unpaired) electrons. The van der Waals surface area contributed by atoms with Crippen LogP contribution in [0.4, 0.5) is 5.69 Å². The van der Waals surface area contributed by atoms with E-state index >= 15 is 0 Å². The van der Waals surface area contributed by atoms with E-state index in [1.54, 1.807) is 10.7 Å². The van der Waals surface area contributed by atoms with Gasteiger partial charge < -0.3 is 0 Å². The number of aryl methyl sites for hydroxylation is 1. The number of hydrogen-bond donors (Lipinski definition) is 2. The number of aromatic nitrogens is 2. The maximum atomic E-state index is 12.3. The van der Waals surface area contributed by atoms with Crippen molar-refractivity contribution in [1.82, 2.24) is 15.2 Å². The summed E-state index contributed by atoms with van der Waals surface area (Å²) in [7, 11) is 0. The standard InChI is InChI=1S/C17H13Cl3N4O/c1-10-7-15(23-24(10)12-5-3-2-4-6-12)17(25)22-21-16-13(19)8-11(18)9-14(16)20/h2-9,21H,1H3,(H,22,25). The van der Waals surface area contributed by atoms with E-state index in [-0.39, 0.29) is 5.69 Å². The molecule has 1 aromatic heterocycles. The van der Waals surface area contributed by atoms with Crippen LogP contribution in [-0.4, -0.2) is 15.7 Å². The molecule has 0 spiro atoms. The number of carbonyl (C=O) groups excluding carboxylic acids is 1. The Morgan fingerprint density at radius 3 is 2.32 bits per heavy atom. The fraction of sp³-hybridized carbons (Fsp3) is 0.0588. The van der Waals surface area contributed by atoms with Crippen LogP contribution >= 0.6 is 34.8 Å². The summed E-state index contributed by atoms with van der Waals surface area (Å²) in [4.78, 5) is 12.3. The van der Waals surface area contributed by atoms with Crippen LogP contribution in [0, 0.1) is 6.92 Å². The van der Waals surface area contributed by atoms with E-state index < -0.39 is 5.91 Å². The highest BCUT2D eigenvalue weighted by molar-refractivity contribution is 6.41. The van der Waals surface area contributed by atoms with Crippen LogP contribution in [0.5, 0.6) is 0 Å². The van der Waals surface area contributed by atoms with E-state index in [1.807, 2.05) is 37.3 Å². The van der Waals surface area contributed by atoms with E-state index in [0.29, 0.717) is 20.8 Å². The molecule has 0 atom stereocenters. The van der Waals surface area contributed by atoms with Crippen molar-refractivity contribution in [2.45, 2.75) is 6.92 Å². The van der Waals surface area contributed by atoms with Crippen molar-refractivity contribution in [2.24, 2.45) is 0 Å². The van der Waals surface area contributed by atoms with E-state index in [9.17, 15) is 4.79 Å². The van der Waals surface area contributed by atoms with E-state index in [0.717, 1.165) is 11.4 Å². The number of benzene rings is 2.